The number of rotatable bonds is 1. The zero-order valence-electron chi connectivity index (χ0n) is 7.33. The molecule has 1 atom stereocenters. The van der Waals surface area contributed by atoms with Gasteiger partial charge in [-0.25, -0.2) is 9.97 Å². The second-order valence-corrected chi connectivity index (χ2v) is 3.33. The second-order valence-electron chi connectivity index (χ2n) is 3.33. The average molecular weight is 161 g/mol. The van der Waals surface area contributed by atoms with Gasteiger partial charge in [0, 0.05) is 11.9 Å². The highest BCUT2D eigenvalue weighted by Gasteiger charge is 2.17. The Labute approximate surface area is 73.1 Å². The topological polar surface area (TPSA) is 25.8 Å². The zero-order chi connectivity index (χ0) is 8.39. The van der Waals surface area contributed by atoms with Crippen molar-refractivity contribution in [2.45, 2.75) is 26.2 Å². The van der Waals surface area contributed by atoms with E-state index in [4.69, 9.17) is 0 Å². The van der Waals surface area contributed by atoms with Crippen molar-refractivity contribution in [3.8, 4) is 0 Å². The number of aryl methyl sites for hydroxylation is 1. The van der Waals surface area contributed by atoms with Crippen LogP contribution in [0.3, 0.4) is 0 Å². The Morgan fingerprint density at radius 3 is 3.33 bits per heavy atom. The molecule has 0 aliphatic heterocycles. The summed E-state index contributed by atoms with van der Waals surface area (Å²) in [4.78, 5) is 8.30. The van der Waals surface area contributed by atoms with Gasteiger partial charge < -0.3 is 0 Å². The molecule has 0 fully saturated rings. The van der Waals surface area contributed by atoms with E-state index in [0.29, 0.717) is 0 Å². The van der Waals surface area contributed by atoms with Crippen LogP contribution in [0.4, 0.5) is 0 Å². The Morgan fingerprint density at radius 2 is 2.50 bits per heavy atom. The van der Waals surface area contributed by atoms with E-state index in [0.717, 1.165) is 18.8 Å². The zero-order valence-corrected chi connectivity index (χ0v) is 7.33. The molecule has 0 spiro atoms. The highest BCUT2D eigenvalue weighted by Crippen LogP contribution is 2.24. The van der Waals surface area contributed by atoms with Gasteiger partial charge >= 0.3 is 0 Å². The molecule has 0 amide bonds. The third-order valence-corrected chi connectivity index (χ3v) is 2.59. The maximum atomic E-state index is 4.26. The van der Waals surface area contributed by atoms with Crippen LogP contribution >= 0.6 is 0 Å². The number of fused-ring (bicyclic) bond motifs is 1. The van der Waals surface area contributed by atoms with Gasteiger partial charge in [-0.05, 0) is 37.2 Å². The first kappa shape index (κ1) is 7.71. The minimum atomic E-state index is 0.739. The van der Waals surface area contributed by atoms with Crippen molar-refractivity contribution in [1.82, 2.24) is 9.97 Å². The standard InChI is InChI=1S/C10H13N2/c1-2-8-3-4-10-9(5-8)6-11-7-12-10/h2,6-8H,3-5H2,1H3. The van der Waals surface area contributed by atoms with E-state index in [1.54, 1.807) is 6.33 Å². The van der Waals surface area contributed by atoms with Crippen LogP contribution in [0, 0.1) is 12.3 Å². The van der Waals surface area contributed by atoms with Crippen LogP contribution in [0.15, 0.2) is 12.5 Å². The molecule has 63 valence electrons. The van der Waals surface area contributed by atoms with Gasteiger partial charge in [0.2, 0.25) is 0 Å². The Morgan fingerprint density at radius 1 is 1.58 bits per heavy atom. The van der Waals surface area contributed by atoms with E-state index in [1.165, 1.54) is 17.7 Å². The van der Waals surface area contributed by atoms with Gasteiger partial charge in [-0.2, -0.15) is 0 Å². The average Bonchev–Trinajstić information content (AvgIpc) is 2.17. The van der Waals surface area contributed by atoms with E-state index in [1.807, 2.05) is 6.20 Å². The number of nitrogens with zero attached hydrogens (tertiary/aromatic N) is 2. The molecule has 0 saturated carbocycles. The van der Waals surface area contributed by atoms with Crippen LogP contribution in [0.2, 0.25) is 0 Å². The van der Waals surface area contributed by atoms with Crippen molar-refractivity contribution in [2.75, 3.05) is 0 Å². The lowest BCUT2D eigenvalue weighted by atomic mass is 9.86. The van der Waals surface area contributed by atoms with Gasteiger partial charge in [0.05, 0.1) is 0 Å². The lowest BCUT2D eigenvalue weighted by Crippen LogP contribution is -2.15. The highest BCUT2D eigenvalue weighted by atomic mass is 14.8. The van der Waals surface area contributed by atoms with Gasteiger partial charge in [-0.1, -0.05) is 6.92 Å². The summed E-state index contributed by atoms with van der Waals surface area (Å²) in [6, 6.07) is 0. The van der Waals surface area contributed by atoms with Gasteiger partial charge in [0.15, 0.2) is 0 Å². The van der Waals surface area contributed by atoms with Crippen LogP contribution in [0.25, 0.3) is 0 Å². The smallest absolute Gasteiger partial charge is 0.115 e. The molecule has 1 radical (unpaired) electrons. The SMILES string of the molecule is C[CH]C1CCc2ncncc2C1. The first-order valence-electron chi connectivity index (χ1n) is 4.47. The van der Waals surface area contributed by atoms with Crippen LogP contribution in [0.1, 0.15) is 24.6 Å². The molecule has 1 aromatic heterocycles. The lowest BCUT2D eigenvalue weighted by molar-refractivity contribution is 0.510. The molecule has 12 heavy (non-hydrogen) atoms. The van der Waals surface area contributed by atoms with E-state index < -0.39 is 0 Å². The predicted molar refractivity (Wildman–Crippen MR) is 47.5 cm³/mol. The van der Waals surface area contributed by atoms with Gasteiger partial charge in [0.1, 0.15) is 6.33 Å². The molecular formula is C10H13N2. The first-order valence-corrected chi connectivity index (χ1v) is 4.47. The third-order valence-electron chi connectivity index (χ3n) is 2.59. The quantitative estimate of drug-likeness (QED) is 0.627. The molecule has 1 aromatic rings. The largest absolute Gasteiger partial charge is 0.245 e. The summed E-state index contributed by atoms with van der Waals surface area (Å²) in [6.45, 7) is 2.14. The van der Waals surface area contributed by atoms with Gasteiger partial charge in [0.25, 0.3) is 0 Å². The summed E-state index contributed by atoms with van der Waals surface area (Å²) in [7, 11) is 0. The third kappa shape index (κ3) is 1.33. The molecule has 2 rings (SSSR count). The van der Waals surface area contributed by atoms with Crippen molar-refractivity contribution < 1.29 is 0 Å². The molecule has 2 nitrogen and oxygen atoms in total. The molecule has 0 N–H and O–H groups in total. The Bertz CT molecular complexity index is 270. The van der Waals surface area contributed by atoms with Crippen LogP contribution in [-0.4, -0.2) is 9.97 Å². The first-order chi connectivity index (χ1) is 5.90. The monoisotopic (exact) mass is 161 g/mol. The molecule has 0 saturated heterocycles. The Balaban J connectivity index is 2.23. The summed E-state index contributed by atoms with van der Waals surface area (Å²) in [6.07, 6.45) is 9.39. The van der Waals surface area contributed by atoms with Crippen molar-refractivity contribution in [2.24, 2.45) is 5.92 Å². The second kappa shape index (κ2) is 3.21. The van der Waals surface area contributed by atoms with E-state index >= 15 is 0 Å². The molecule has 2 heteroatoms. The Hall–Kier alpha value is -0.920. The fourth-order valence-corrected chi connectivity index (χ4v) is 1.77. The minimum absolute atomic E-state index is 0.739. The van der Waals surface area contributed by atoms with Crippen molar-refractivity contribution >= 4 is 0 Å². The summed E-state index contributed by atoms with van der Waals surface area (Å²) in [5.41, 5.74) is 2.59. The predicted octanol–water partition coefficient (Wildman–Crippen LogP) is 1.81. The molecule has 1 aliphatic carbocycles. The molecular weight excluding hydrogens is 148 g/mol. The molecule has 1 aliphatic rings. The summed E-state index contributed by atoms with van der Waals surface area (Å²) in [5.74, 6) is 0.739. The van der Waals surface area contributed by atoms with Crippen molar-refractivity contribution in [3.05, 3.63) is 30.2 Å². The highest BCUT2D eigenvalue weighted by molar-refractivity contribution is 5.20. The molecule has 1 heterocycles. The van der Waals surface area contributed by atoms with Gasteiger partial charge in [-0.3, -0.25) is 0 Å². The molecule has 1 unspecified atom stereocenters. The Kier molecular flexibility index (Phi) is 2.07. The maximum Gasteiger partial charge on any atom is 0.115 e. The summed E-state index contributed by atoms with van der Waals surface area (Å²) < 4.78 is 0. The lowest BCUT2D eigenvalue weighted by Gasteiger charge is -2.21. The molecule has 0 bridgehead atoms. The van der Waals surface area contributed by atoms with Crippen LogP contribution in [-0.2, 0) is 12.8 Å². The summed E-state index contributed by atoms with van der Waals surface area (Å²) >= 11 is 0. The van der Waals surface area contributed by atoms with Gasteiger partial charge in [-0.15, -0.1) is 0 Å². The van der Waals surface area contributed by atoms with E-state index in [2.05, 4.69) is 23.3 Å². The molecule has 0 aromatic carbocycles. The maximum absolute atomic E-state index is 4.26. The summed E-state index contributed by atoms with van der Waals surface area (Å²) in [5, 5.41) is 0. The van der Waals surface area contributed by atoms with Crippen LogP contribution in [0.5, 0.6) is 0 Å². The fourth-order valence-electron chi connectivity index (χ4n) is 1.77. The number of aromatic nitrogens is 2. The van der Waals surface area contributed by atoms with Crippen molar-refractivity contribution in [1.29, 1.82) is 0 Å². The number of hydrogen-bond donors (Lipinski definition) is 0. The fraction of sp³-hybridized carbons (Fsp3) is 0.500. The van der Waals surface area contributed by atoms with E-state index in [9.17, 15) is 0 Å². The minimum Gasteiger partial charge on any atom is -0.245 e. The number of hydrogen-bond acceptors (Lipinski definition) is 2. The van der Waals surface area contributed by atoms with Crippen LogP contribution < -0.4 is 0 Å². The normalized spacial score (nSPS) is 21.9. The van der Waals surface area contributed by atoms with Crippen molar-refractivity contribution in [3.63, 3.8) is 0 Å². The van der Waals surface area contributed by atoms with E-state index in [-0.39, 0.29) is 0 Å².